The van der Waals surface area contributed by atoms with Crippen molar-refractivity contribution in [2.75, 3.05) is 16.8 Å². The molecule has 0 atom stereocenters. The van der Waals surface area contributed by atoms with Crippen LogP contribution in [-0.2, 0) is 0 Å². The van der Waals surface area contributed by atoms with Crippen LogP contribution in [0.25, 0.3) is 21.9 Å². The quantitative estimate of drug-likeness (QED) is 0.228. The normalized spacial score (nSPS) is 10.7. The summed E-state index contributed by atoms with van der Waals surface area (Å²) in [5.74, 6) is 0. The SMILES string of the molecule is CN(c1ccc(N(c2ccc(-c3ccccc3)cc2)c2ccc3ccccc3c2)cc1)c1cccc(C#N)c1. The van der Waals surface area contributed by atoms with Crippen molar-refractivity contribution in [1.29, 1.82) is 5.26 Å². The molecule has 0 N–H and O–H groups in total. The van der Waals surface area contributed by atoms with Crippen LogP contribution in [0, 0.1) is 11.3 Å². The Hall–Kier alpha value is -5.33. The van der Waals surface area contributed by atoms with Crippen molar-refractivity contribution in [1.82, 2.24) is 0 Å². The third-order valence-corrected chi connectivity index (χ3v) is 7.08. The van der Waals surface area contributed by atoms with Crippen molar-refractivity contribution in [3.63, 3.8) is 0 Å². The lowest BCUT2D eigenvalue weighted by Crippen LogP contribution is -2.12. The van der Waals surface area contributed by atoms with E-state index in [2.05, 4.69) is 131 Å². The lowest BCUT2D eigenvalue weighted by Gasteiger charge is -2.27. The number of hydrogen-bond acceptors (Lipinski definition) is 3. The van der Waals surface area contributed by atoms with Gasteiger partial charge in [-0.15, -0.1) is 0 Å². The van der Waals surface area contributed by atoms with E-state index < -0.39 is 0 Å². The lowest BCUT2D eigenvalue weighted by atomic mass is 10.0. The van der Waals surface area contributed by atoms with Gasteiger partial charge in [0.2, 0.25) is 0 Å². The van der Waals surface area contributed by atoms with Crippen molar-refractivity contribution in [2.24, 2.45) is 0 Å². The highest BCUT2D eigenvalue weighted by atomic mass is 15.1. The van der Waals surface area contributed by atoms with Crippen molar-refractivity contribution in [2.45, 2.75) is 0 Å². The van der Waals surface area contributed by atoms with Gasteiger partial charge >= 0.3 is 0 Å². The molecule has 0 aliphatic carbocycles. The summed E-state index contributed by atoms with van der Waals surface area (Å²) < 4.78 is 0. The van der Waals surface area contributed by atoms with Gasteiger partial charge in [-0.1, -0.05) is 78.9 Å². The Morgan fingerprint density at radius 3 is 1.77 bits per heavy atom. The first-order chi connectivity index (χ1) is 19.2. The van der Waals surface area contributed by atoms with E-state index in [9.17, 15) is 5.26 Å². The molecule has 0 aromatic heterocycles. The van der Waals surface area contributed by atoms with Gasteiger partial charge in [0, 0.05) is 35.5 Å². The Morgan fingerprint density at radius 2 is 1.05 bits per heavy atom. The summed E-state index contributed by atoms with van der Waals surface area (Å²) in [6, 6.07) is 52.7. The molecule has 0 bridgehead atoms. The second-order valence-electron chi connectivity index (χ2n) is 9.52. The minimum atomic E-state index is 0.650. The van der Waals surface area contributed by atoms with E-state index in [1.54, 1.807) is 0 Å². The predicted molar refractivity (Wildman–Crippen MR) is 163 cm³/mol. The Morgan fingerprint density at radius 1 is 0.462 bits per heavy atom. The first kappa shape index (κ1) is 24.0. The van der Waals surface area contributed by atoms with Crippen LogP contribution in [0.5, 0.6) is 0 Å². The van der Waals surface area contributed by atoms with Crippen molar-refractivity contribution >= 4 is 39.2 Å². The summed E-state index contributed by atoms with van der Waals surface area (Å²) in [5.41, 5.74) is 8.33. The van der Waals surface area contributed by atoms with Crippen LogP contribution in [0.4, 0.5) is 28.4 Å². The zero-order chi connectivity index (χ0) is 26.6. The standard InChI is InChI=1S/C36H27N3/c1-38(35-13-7-8-27(24-35)26-37)32-20-22-34(23-21-32)39(36-19-16-29-11-5-6-12-31(29)25-36)33-17-14-30(15-18-33)28-9-3-2-4-10-28/h2-25H,1H3. The molecular formula is C36H27N3. The van der Waals surface area contributed by atoms with Crippen LogP contribution in [0.2, 0.25) is 0 Å². The molecular weight excluding hydrogens is 474 g/mol. The van der Waals surface area contributed by atoms with E-state index in [0.717, 1.165) is 28.4 Å². The second kappa shape index (κ2) is 10.6. The first-order valence-electron chi connectivity index (χ1n) is 13.0. The number of nitriles is 1. The molecule has 0 amide bonds. The molecule has 0 aliphatic rings. The van der Waals surface area contributed by atoms with Crippen LogP contribution in [0.1, 0.15) is 5.56 Å². The summed E-state index contributed by atoms with van der Waals surface area (Å²) in [6.45, 7) is 0. The van der Waals surface area contributed by atoms with E-state index in [4.69, 9.17) is 0 Å². The largest absolute Gasteiger partial charge is 0.345 e. The van der Waals surface area contributed by atoms with Gasteiger partial charge in [-0.05, 0) is 88.6 Å². The molecule has 39 heavy (non-hydrogen) atoms. The van der Waals surface area contributed by atoms with Crippen molar-refractivity contribution < 1.29 is 0 Å². The Balaban J connectivity index is 1.39. The molecule has 0 aliphatic heterocycles. The fraction of sp³-hybridized carbons (Fsp3) is 0.0278. The number of rotatable bonds is 6. The van der Waals surface area contributed by atoms with E-state index in [1.165, 1.54) is 21.9 Å². The van der Waals surface area contributed by atoms with Gasteiger partial charge < -0.3 is 9.80 Å². The molecule has 6 aromatic rings. The topological polar surface area (TPSA) is 30.3 Å². The van der Waals surface area contributed by atoms with Gasteiger partial charge in [0.1, 0.15) is 0 Å². The third kappa shape index (κ3) is 4.97. The maximum Gasteiger partial charge on any atom is 0.0992 e. The zero-order valence-electron chi connectivity index (χ0n) is 21.7. The summed E-state index contributed by atoms with van der Waals surface area (Å²) in [4.78, 5) is 4.39. The van der Waals surface area contributed by atoms with Crippen LogP contribution in [0.15, 0.2) is 146 Å². The molecule has 0 radical (unpaired) electrons. The number of fused-ring (bicyclic) bond motifs is 1. The van der Waals surface area contributed by atoms with Gasteiger partial charge in [-0.25, -0.2) is 0 Å². The maximum absolute atomic E-state index is 9.30. The second-order valence-corrected chi connectivity index (χ2v) is 9.52. The Bertz CT molecular complexity index is 1770. The molecule has 6 rings (SSSR count). The smallest absolute Gasteiger partial charge is 0.0992 e. The maximum atomic E-state index is 9.30. The molecule has 6 aromatic carbocycles. The van der Waals surface area contributed by atoms with E-state index in [0.29, 0.717) is 5.56 Å². The van der Waals surface area contributed by atoms with Crippen LogP contribution in [-0.4, -0.2) is 7.05 Å². The van der Waals surface area contributed by atoms with Crippen molar-refractivity contribution in [3.8, 4) is 17.2 Å². The van der Waals surface area contributed by atoms with E-state index in [-0.39, 0.29) is 0 Å². The fourth-order valence-corrected chi connectivity index (χ4v) is 4.96. The van der Waals surface area contributed by atoms with E-state index >= 15 is 0 Å². The number of benzene rings is 6. The molecule has 0 heterocycles. The highest BCUT2D eigenvalue weighted by Gasteiger charge is 2.14. The first-order valence-corrected chi connectivity index (χ1v) is 13.0. The minimum absolute atomic E-state index is 0.650. The number of anilines is 5. The molecule has 0 saturated carbocycles. The Labute approximate surface area is 229 Å². The third-order valence-electron chi connectivity index (χ3n) is 7.08. The highest BCUT2D eigenvalue weighted by Crippen LogP contribution is 2.38. The number of hydrogen-bond donors (Lipinski definition) is 0. The van der Waals surface area contributed by atoms with Gasteiger partial charge in [-0.2, -0.15) is 5.26 Å². The summed E-state index contributed by atoms with van der Waals surface area (Å²) in [7, 11) is 2.02. The summed E-state index contributed by atoms with van der Waals surface area (Å²) in [5, 5.41) is 11.7. The predicted octanol–water partition coefficient (Wildman–Crippen LogP) is 9.62. The van der Waals surface area contributed by atoms with Crippen LogP contribution < -0.4 is 9.80 Å². The minimum Gasteiger partial charge on any atom is -0.345 e. The monoisotopic (exact) mass is 501 g/mol. The molecule has 0 saturated heterocycles. The number of nitrogens with zero attached hydrogens (tertiary/aromatic N) is 3. The fourth-order valence-electron chi connectivity index (χ4n) is 4.96. The Kier molecular flexibility index (Phi) is 6.52. The van der Waals surface area contributed by atoms with Gasteiger partial charge in [0.25, 0.3) is 0 Å². The zero-order valence-corrected chi connectivity index (χ0v) is 21.7. The molecule has 0 unspecified atom stereocenters. The highest BCUT2D eigenvalue weighted by molar-refractivity contribution is 5.89. The molecule has 0 spiro atoms. The van der Waals surface area contributed by atoms with Crippen LogP contribution >= 0.6 is 0 Å². The molecule has 0 fully saturated rings. The van der Waals surface area contributed by atoms with E-state index in [1.807, 2.05) is 37.4 Å². The lowest BCUT2D eigenvalue weighted by molar-refractivity contribution is 1.20. The molecule has 3 heteroatoms. The van der Waals surface area contributed by atoms with Crippen molar-refractivity contribution in [3.05, 3.63) is 151 Å². The average molecular weight is 502 g/mol. The van der Waals surface area contributed by atoms with Gasteiger partial charge in [-0.3, -0.25) is 0 Å². The van der Waals surface area contributed by atoms with Gasteiger partial charge in [0.05, 0.1) is 11.6 Å². The molecule has 3 nitrogen and oxygen atoms in total. The van der Waals surface area contributed by atoms with Crippen LogP contribution in [0.3, 0.4) is 0 Å². The molecule has 186 valence electrons. The summed E-state index contributed by atoms with van der Waals surface area (Å²) >= 11 is 0. The summed E-state index contributed by atoms with van der Waals surface area (Å²) in [6.07, 6.45) is 0. The van der Waals surface area contributed by atoms with Gasteiger partial charge in [0.15, 0.2) is 0 Å². The average Bonchev–Trinajstić information content (AvgIpc) is 3.02.